The average molecular weight is 311 g/mol. The van der Waals surface area contributed by atoms with Crippen molar-refractivity contribution < 1.29 is 19.2 Å². The number of hydrogen-bond donors (Lipinski definition) is 2. The molecule has 2 heterocycles. The van der Waals surface area contributed by atoms with Crippen LogP contribution >= 0.6 is 11.8 Å². The number of thioether (sulfide) groups is 1. The van der Waals surface area contributed by atoms with Crippen LogP contribution in [0.2, 0.25) is 0 Å². The lowest BCUT2D eigenvalue weighted by Crippen LogP contribution is -2.50. The van der Waals surface area contributed by atoms with E-state index in [-0.39, 0.29) is 17.9 Å². The van der Waals surface area contributed by atoms with Gasteiger partial charge in [0.25, 0.3) is 0 Å². The Labute approximate surface area is 126 Å². The number of urea groups is 1. The van der Waals surface area contributed by atoms with Crippen molar-refractivity contribution >= 4 is 23.8 Å². The Hall–Kier alpha value is -1.70. The summed E-state index contributed by atoms with van der Waals surface area (Å²) >= 11 is 1.56. The van der Waals surface area contributed by atoms with Crippen LogP contribution in [0, 0.1) is 12.8 Å². The topological polar surface area (TPSA) is 95.7 Å². The van der Waals surface area contributed by atoms with Crippen molar-refractivity contribution in [3.8, 4) is 0 Å². The minimum Gasteiger partial charge on any atom is -0.480 e. The highest BCUT2D eigenvalue weighted by Crippen LogP contribution is 2.45. The van der Waals surface area contributed by atoms with Gasteiger partial charge in [-0.05, 0) is 25.7 Å². The highest BCUT2D eigenvalue weighted by atomic mass is 32.2. The van der Waals surface area contributed by atoms with Gasteiger partial charge >= 0.3 is 12.0 Å². The Balaban J connectivity index is 1.66. The average Bonchev–Trinajstić information content (AvgIpc) is 3.04. The first kappa shape index (κ1) is 14.2. The molecule has 1 saturated carbocycles. The molecule has 2 atom stereocenters. The fraction of sp³-hybridized carbons (Fsp3) is 0.615. The highest BCUT2D eigenvalue weighted by Gasteiger charge is 2.48. The van der Waals surface area contributed by atoms with Crippen LogP contribution in [0.3, 0.4) is 0 Å². The van der Waals surface area contributed by atoms with Crippen molar-refractivity contribution in [2.24, 2.45) is 5.92 Å². The number of amides is 2. The lowest BCUT2D eigenvalue weighted by molar-refractivity contribution is -0.141. The van der Waals surface area contributed by atoms with E-state index in [1.165, 1.54) is 4.90 Å². The van der Waals surface area contributed by atoms with Crippen molar-refractivity contribution in [1.29, 1.82) is 0 Å². The summed E-state index contributed by atoms with van der Waals surface area (Å²) < 4.78 is 5.03. The zero-order valence-electron chi connectivity index (χ0n) is 11.6. The number of carboxylic acids is 1. The number of rotatable bonds is 4. The van der Waals surface area contributed by atoms with Crippen LogP contribution in [0.5, 0.6) is 0 Å². The van der Waals surface area contributed by atoms with E-state index in [1.54, 1.807) is 24.8 Å². The minimum atomic E-state index is -0.948. The molecule has 1 aromatic rings. The van der Waals surface area contributed by atoms with Crippen molar-refractivity contribution in [2.45, 2.75) is 37.7 Å². The summed E-state index contributed by atoms with van der Waals surface area (Å²) in [7, 11) is 0. The Morgan fingerprint density at radius 2 is 2.33 bits per heavy atom. The molecule has 2 unspecified atom stereocenters. The first-order chi connectivity index (χ1) is 10.1. The molecule has 0 spiro atoms. The monoisotopic (exact) mass is 311 g/mol. The van der Waals surface area contributed by atoms with Crippen LogP contribution in [-0.2, 0) is 11.3 Å². The summed E-state index contributed by atoms with van der Waals surface area (Å²) in [5.41, 5.74) is 0.746. The lowest BCUT2D eigenvalue weighted by atomic mass is 10.2. The molecular weight excluding hydrogens is 294 g/mol. The molecule has 21 heavy (non-hydrogen) atoms. The Morgan fingerprint density at radius 3 is 2.90 bits per heavy atom. The zero-order valence-corrected chi connectivity index (χ0v) is 12.4. The summed E-state index contributed by atoms with van der Waals surface area (Å²) in [5.74, 6) is 0.488. The summed E-state index contributed by atoms with van der Waals surface area (Å²) in [5, 5.41) is 15.7. The molecule has 0 aromatic carbocycles. The molecule has 0 radical (unpaired) electrons. The van der Waals surface area contributed by atoms with Crippen molar-refractivity contribution in [3.05, 3.63) is 17.5 Å². The van der Waals surface area contributed by atoms with Gasteiger partial charge in [0, 0.05) is 11.8 Å². The van der Waals surface area contributed by atoms with Gasteiger partial charge in [0.1, 0.15) is 6.04 Å². The van der Waals surface area contributed by atoms with E-state index in [1.807, 2.05) is 0 Å². The fourth-order valence-electron chi connectivity index (χ4n) is 2.47. The van der Waals surface area contributed by atoms with Gasteiger partial charge in [0.15, 0.2) is 5.76 Å². The molecule has 1 aliphatic carbocycles. The normalized spacial score (nSPS) is 25.1. The van der Waals surface area contributed by atoms with Gasteiger partial charge in [0.2, 0.25) is 0 Å². The van der Waals surface area contributed by atoms with Crippen molar-refractivity contribution in [1.82, 2.24) is 15.4 Å². The Morgan fingerprint density at radius 1 is 1.57 bits per heavy atom. The number of aliphatic carboxylic acids is 1. The molecule has 3 rings (SSSR count). The minimum absolute atomic E-state index is 0.0254. The maximum Gasteiger partial charge on any atom is 0.327 e. The van der Waals surface area contributed by atoms with Crippen LogP contribution < -0.4 is 5.32 Å². The molecule has 2 N–H and O–H groups in total. The van der Waals surface area contributed by atoms with E-state index in [9.17, 15) is 14.7 Å². The summed E-state index contributed by atoms with van der Waals surface area (Å²) in [6, 6.07) is 0.641. The summed E-state index contributed by atoms with van der Waals surface area (Å²) in [4.78, 5) is 25.2. The van der Waals surface area contributed by atoms with Gasteiger partial charge in [-0.2, -0.15) is 0 Å². The number of carbonyl (C=O) groups is 2. The van der Waals surface area contributed by atoms with Crippen LogP contribution in [-0.4, -0.2) is 44.3 Å². The van der Waals surface area contributed by atoms with Crippen molar-refractivity contribution in [2.75, 3.05) is 5.75 Å². The Kier molecular flexibility index (Phi) is 3.79. The van der Waals surface area contributed by atoms with Crippen LogP contribution in [0.25, 0.3) is 0 Å². The van der Waals surface area contributed by atoms with Crippen LogP contribution in [0.15, 0.2) is 10.6 Å². The molecular formula is C13H17N3O4S. The van der Waals surface area contributed by atoms with Crippen LogP contribution in [0.4, 0.5) is 4.79 Å². The number of aryl methyl sites for hydroxylation is 1. The fourth-order valence-corrected chi connectivity index (χ4v) is 4.10. The quantitative estimate of drug-likeness (QED) is 0.873. The van der Waals surface area contributed by atoms with E-state index in [0.717, 1.165) is 18.5 Å². The number of hydrogen-bond acceptors (Lipinski definition) is 5. The van der Waals surface area contributed by atoms with E-state index < -0.39 is 12.0 Å². The van der Waals surface area contributed by atoms with Gasteiger partial charge in [0.05, 0.1) is 17.6 Å². The number of carboxylic acid groups (broad SMARTS) is 1. The highest BCUT2D eigenvalue weighted by molar-refractivity contribution is 8.00. The van der Waals surface area contributed by atoms with Gasteiger partial charge in [-0.15, -0.1) is 11.8 Å². The second-order valence-corrected chi connectivity index (χ2v) is 6.57. The third kappa shape index (κ3) is 2.99. The summed E-state index contributed by atoms with van der Waals surface area (Å²) in [6.07, 6.45) is 2.13. The molecule has 2 fully saturated rings. The third-order valence-corrected chi connectivity index (χ3v) is 5.13. The smallest absolute Gasteiger partial charge is 0.327 e. The molecule has 1 aliphatic heterocycles. The molecule has 1 saturated heterocycles. The molecule has 7 nitrogen and oxygen atoms in total. The Bertz CT molecular complexity index is 557. The number of aromatic nitrogens is 1. The summed E-state index contributed by atoms with van der Waals surface area (Å²) in [6.45, 7) is 2.01. The van der Waals surface area contributed by atoms with Gasteiger partial charge in [-0.25, -0.2) is 9.59 Å². The molecule has 8 heteroatoms. The lowest BCUT2D eigenvalue weighted by Gasteiger charge is -2.27. The van der Waals surface area contributed by atoms with E-state index in [4.69, 9.17) is 4.52 Å². The van der Waals surface area contributed by atoms with Crippen LogP contribution in [0.1, 0.15) is 24.3 Å². The molecule has 0 bridgehead atoms. The maximum absolute atomic E-state index is 12.4. The molecule has 1 aromatic heterocycles. The van der Waals surface area contributed by atoms with E-state index >= 15 is 0 Å². The largest absolute Gasteiger partial charge is 0.480 e. The van der Waals surface area contributed by atoms with Gasteiger partial charge in [-0.3, -0.25) is 4.90 Å². The zero-order chi connectivity index (χ0) is 15.0. The second kappa shape index (κ2) is 5.59. The van der Waals surface area contributed by atoms with E-state index in [2.05, 4.69) is 10.5 Å². The number of nitrogens with one attached hydrogen (secondary N) is 1. The maximum atomic E-state index is 12.4. The number of nitrogens with zero attached hydrogens (tertiary/aromatic N) is 2. The predicted molar refractivity (Wildman–Crippen MR) is 75.7 cm³/mol. The SMILES string of the molecule is Cc1cc(CNC(=O)N2C(C(=O)O)CSC2C2CC2)on1. The second-order valence-electron chi connectivity index (χ2n) is 5.42. The van der Waals surface area contributed by atoms with Gasteiger partial charge < -0.3 is 14.9 Å². The van der Waals surface area contributed by atoms with E-state index in [0.29, 0.717) is 17.4 Å². The standard InChI is InChI=1S/C13H17N3O4S/c1-7-4-9(20-15-7)5-14-13(19)16-10(12(17)18)6-21-11(16)8-2-3-8/h4,8,10-11H,2-3,5-6H2,1H3,(H,14,19)(H,17,18). The van der Waals surface area contributed by atoms with Gasteiger partial charge in [-0.1, -0.05) is 5.16 Å². The molecule has 2 amide bonds. The first-order valence-electron chi connectivity index (χ1n) is 6.89. The predicted octanol–water partition coefficient (Wildman–Crippen LogP) is 1.43. The third-order valence-electron chi connectivity index (χ3n) is 3.67. The first-order valence-corrected chi connectivity index (χ1v) is 7.94. The van der Waals surface area contributed by atoms with Crippen molar-refractivity contribution in [3.63, 3.8) is 0 Å². The molecule has 2 aliphatic rings. The molecule has 114 valence electrons. The number of carbonyl (C=O) groups excluding carboxylic acids is 1.